The van der Waals surface area contributed by atoms with E-state index >= 15 is 0 Å². The summed E-state index contributed by atoms with van der Waals surface area (Å²) in [4.78, 5) is 13.0. The van der Waals surface area contributed by atoms with Crippen molar-refractivity contribution < 1.29 is 22.3 Å². The van der Waals surface area contributed by atoms with Crippen LogP contribution in [0.2, 0.25) is 5.02 Å². The average molecular weight is 491 g/mol. The highest BCUT2D eigenvalue weighted by Gasteiger charge is 2.29. The van der Waals surface area contributed by atoms with Crippen LogP contribution in [0.4, 0.5) is 4.39 Å². The van der Waals surface area contributed by atoms with Crippen LogP contribution in [0, 0.1) is 5.82 Å². The zero-order chi connectivity index (χ0) is 24.0. The molecule has 33 heavy (non-hydrogen) atoms. The summed E-state index contributed by atoms with van der Waals surface area (Å²) in [6, 6.07) is 17.4. The zero-order valence-corrected chi connectivity index (χ0v) is 19.7. The maximum absolute atomic E-state index is 13.2. The van der Waals surface area contributed by atoms with Gasteiger partial charge in [-0.25, -0.2) is 12.8 Å². The van der Waals surface area contributed by atoms with Crippen molar-refractivity contribution in [3.63, 3.8) is 0 Å². The number of hydrogen-bond donors (Lipinski definition) is 2. The van der Waals surface area contributed by atoms with Gasteiger partial charge in [0.2, 0.25) is 15.9 Å². The zero-order valence-electron chi connectivity index (χ0n) is 18.1. The molecule has 0 spiro atoms. The van der Waals surface area contributed by atoms with Crippen LogP contribution in [0.3, 0.4) is 0 Å². The van der Waals surface area contributed by atoms with Gasteiger partial charge in [0, 0.05) is 5.02 Å². The second-order valence-corrected chi connectivity index (χ2v) is 9.56. The molecule has 0 radical (unpaired) electrons. The van der Waals surface area contributed by atoms with Gasteiger partial charge in [-0.1, -0.05) is 54.1 Å². The number of ether oxygens (including phenoxy) is 1. The fraction of sp³-hybridized carbons (Fsp3) is 0.208. The Kier molecular flexibility index (Phi) is 8.07. The van der Waals surface area contributed by atoms with Gasteiger partial charge in [-0.2, -0.15) is 4.72 Å². The quantitative estimate of drug-likeness (QED) is 0.469. The average Bonchev–Trinajstić information content (AvgIpc) is 2.79. The molecule has 0 fully saturated rings. The van der Waals surface area contributed by atoms with Crippen LogP contribution in [0.1, 0.15) is 24.1 Å². The summed E-state index contributed by atoms with van der Waals surface area (Å²) in [5.41, 5.74) is 1.45. The first-order chi connectivity index (χ1) is 15.7. The fourth-order valence-corrected chi connectivity index (χ4v) is 4.92. The molecule has 3 aromatic rings. The van der Waals surface area contributed by atoms with E-state index in [0.29, 0.717) is 5.56 Å². The van der Waals surface area contributed by atoms with Crippen LogP contribution >= 0.6 is 11.6 Å². The minimum atomic E-state index is -4.17. The van der Waals surface area contributed by atoms with E-state index in [0.717, 1.165) is 5.56 Å². The third kappa shape index (κ3) is 6.54. The largest absolute Gasteiger partial charge is 0.495 e. The fourth-order valence-electron chi connectivity index (χ4n) is 3.30. The van der Waals surface area contributed by atoms with E-state index in [2.05, 4.69) is 10.0 Å². The Balaban J connectivity index is 1.88. The molecule has 0 saturated carbocycles. The van der Waals surface area contributed by atoms with Crippen molar-refractivity contribution in [1.29, 1.82) is 0 Å². The van der Waals surface area contributed by atoms with Crippen LogP contribution in [0.25, 0.3) is 0 Å². The molecule has 3 rings (SSSR count). The molecule has 2 atom stereocenters. The third-order valence-corrected chi connectivity index (χ3v) is 6.77. The Hall–Kier alpha value is -2.94. The molecule has 0 aromatic heterocycles. The minimum Gasteiger partial charge on any atom is -0.495 e. The number of methoxy groups -OCH3 is 1. The van der Waals surface area contributed by atoms with Gasteiger partial charge in [0.05, 0.1) is 13.2 Å². The summed E-state index contributed by atoms with van der Waals surface area (Å²) in [5, 5.41) is 3.02. The molecule has 0 aliphatic rings. The van der Waals surface area contributed by atoms with Crippen molar-refractivity contribution >= 4 is 27.5 Å². The predicted octanol–water partition coefficient (Wildman–Crippen LogP) is 4.25. The Labute approximate surface area is 197 Å². The maximum Gasteiger partial charge on any atom is 0.245 e. The lowest BCUT2D eigenvalue weighted by Crippen LogP contribution is -2.48. The Bertz CT molecular complexity index is 1200. The highest BCUT2D eigenvalue weighted by Crippen LogP contribution is 2.27. The lowest BCUT2D eigenvalue weighted by atomic mass is 10.0. The topological polar surface area (TPSA) is 84.5 Å². The van der Waals surface area contributed by atoms with Crippen LogP contribution in [-0.4, -0.2) is 27.5 Å². The summed E-state index contributed by atoms with van der Waals surface area (Å²) >= 11 is 6.00. The molecule has 0 aliphatic heterocycles. The highest BCUT2D eigenvalue weighted by molar-refractivity contribution is 7.89. The molecule has 2 N–H and O–H groups in total. The maximum atomic E-state index is 13.2. The van der Waals surface area contributed by atoms with Crippen molar-refractivity contribution in [3.05, 3.63) is 94.8 Å². The highest BCUT2D eigenvalue weighted by atomic mass is 35.5. The lowest BCUT2D eigenvalue weighted by molar-refractivity contribution is -0.123. The molecular formula is C24H24ClFN2O4S. The van der Waals surface area contributed by atoms with E-state index in [1.807, 2.05) is 6.07 Å². The minimum absolute atomic E-state index is 0.102. The van der Waals surface area contributed by atoms with Crippen LogP contribution < -0.4 is 14.8 Å². The first-order valence-electron chi connectivity index (χ1n) is 10.1. The monoisotopic (exact) mass is 490 g/mol. The SMILES string of the molecule is COc1ccc(Cl)cc1S(=O)(=O)N[C@@H](Cc1ccccc1)C(=O)N[C@@H](C)c1ccc(F)cc1. The van der Waals surface area contributed by atoms with E-state index in [9.17, 15) is 17.6 Å². The Morgan fingerprint density at radius 2 is 1.73 bits per heavy atom. The standard InChI is InChI=1S/C24H24ClFN2O4S/c1-16(18-8-11-20(26)12-9-18)27-24(29)21(14-17-6-4-3-5-7-17)28-33(30,31)23-15-19(25)10-13-22(23)32-2/h3-13,15-16,21,28H,14H2,1-2H3,(H,27,29)/t16-,21-/m0/s1. The van der Waals surface area contributed by atoms with E-state index in [1.54, 1.807) is 43.3 Å². The first-order valence-corrected chi connectivity index (χ1v) is 12.0. The van der Waals surface area contributed by atoms with Gasteiger partial charge in [0.15, 0.2) is 0 Å². The van der Waals surface area contributed by atoms with Gasteiger partial charge in [0.25, 0.3) is 0 Å². The normalized spacial score (nSPS) is 13.2. The number of halogens is 2. The van der Waals surface area contributed by atoms with Crippen molar-refractivity contribution in [2.75, 3.05) is 7.11 Å². The van der Waals surface area contributed by atoms with Crippen molar-refractivity contribution in [2.45, 2.75) is 30.3 Å². The number of nitrogens with one attached hydrogen (secondary N) is 2. The number of carbonyl (C=O) groups excluding carboxylic acids is 1. The summed E-state index contributed by atoms with van der Waals surface area (Å²) in [6.07, 6.45) is 0.116. The number of amides is 1. The van der Waals surface area contributed by atoms with Gasteiger partial charge in [-0.05, 0) is 54.8 Å². The molecule has 9 heteroatoms. The summed E-state index contributed by atoms with van der Waals surface area (Å²) in [5.74, 6) is -0.812. The Morgan fingerprint density at radius 3 is 2.36 bits per heavy atom. The second-order valence-electron chi connectivity index (χ2n) is 7.44. The van der Waals surface area contributed by atoms with Gasteiger partial charge < -0.3 is 10.1 Å². The summed E-state index contributed by atoms with van der Waals surface area (Å²) in [7, 11) is -2.82. The molecule has 1 amide bonds. The van der Waals surface area contributed by atoms with Crippen molar-refractivity contribution in [2.24, 2.45) is 0 Å². The molecular weight excluding hydrogens is 467 g/mol. The van der Waals surface area contributed by atoms with E-state index in [1.165, 1.54) is 37.4 Å². The molecule has 0 bridgehead atoms. The molecule has 0 aliphatic carbocycles. The molecule has 174 valence electrons. The van der Waals surface area contributed by atoms with Crippen LogP contribution in [0.15, 0.2) is 77.7 Å². The van der Waals surface area contributed by atoms with E-state index < -0.39 is 28.0 Å². The summed E-state index contributed by atoms with van der Waals surface area (Å²) < 4.78 is 47.3. The summed E-state index contributed by atoms with van der Waals surface area (Å²) in [6.45, 7) is 1.74. The Morgan fingerprint density at radius 1 is 1.06 bits per heavy atom. The third-order valence-electron chi connectivity index (χ3n) is 5.04. The van der Waals surface area contributed by atoms with Crippen LogP contribution in [-0.2, 0) is 21.2 Å². The van der Waals surface area contributed by atoms with E-state index in [4.69, 9.17) is 16.3 Å². The van der Waals surface area contributed by atoms with Crippen molar-refractivity contribution in [3.8, 4) is 5.75 Å². The van der Waals surface area contributed by atoms with Gasteiger partial charge in [-0.3, -0.25) is 4.79 Å². The van der Waals surface area contributed by atoms with Gasteiger partial charge >= 0.3 is 0 Å². The van der Waals surface area contributed by atoms with Crippen molar-refractivity contribution in [1.82, 2.24) is 10.0 Å². The molecule has 6 nitrogen and oxygen atoms in total. The predicted molar refractivity (Wildman–Crippen MR) is 125 cm³/mol. The lowest BCUT2D eigenvalue weighted by Gasteiger charge is -2.22. The number of benzene rings is 3. The van der Waals surface area contributed by atoms with Gasteiger partial charge in [-0.15, -0.1) is 0 Å². The smallest absolute Gasteiger partial charge is 0.245 e. The molecule has 3 aromatic carbocycles. The van der Waals surface area contributed by atoms with E-state index in [-0.39, 0.29) is 27.9 Å². The molecule has 0 unspecified atom stereocenters. The van der Waals surface area contributed by atoms with Crippen LogP contribution in [0.5, 0.6) is 5.75 Å². The number of rotatable bonds is 9. The second kappa shape index (κ2) is 10.8. The number of carbonyl (C=O) groups is 1. The first kappa shape index (κ1) is 24.7. The number of hydrogen-bond acceptors (Lipinski definition) is 4. The van der Waals surface area contributed by atoms with Gasteiger partial charge in [0.1, 0.15) is 22.5 Å². The molecule has 0 saturated heterocycles. The number of sulfonamides is 1. The molecule has 0 heterocycles.